The molecule has 2 heterocycles. The molecular formula is C17H18N2O5. The van der Waals surface area contributed by atoms with E-state index < -0.39 is 17.5 Å². The van der Waals surface area contributed by atoms with Gasteiger partial charge in [-0.1, -0.05) is 12.1 Å². The molecule has 1 atom stereocenters. The fourth-order valence-corrected chi connectivity index (χ4v) is 3.01. The highest BCUT2D eigenvalue weighted by Crippen LogP contribution is 2.42. The lowest BCUT2D eigenvalue weighted by molar-refractivity contribution is -0.144. The maximum atomic E-state index is 12.3. The van der Waals surface area contributed by atoms with Crippen LogP contribution in [0.4, 0.5) is 0 Å². The number of amides is 2. The Labute approximate surface area is 138 Å². The van der Waals surface area contributed by atoms with Crippen LogP contribution >= 0.6 is 0 Å². The molecule has 2 aliphatic heterocycles. The molecule has 3 N–H and O–H groups in total. The van der Waals surface area contributed by atoms with Gasteiger partial charge >= 0.3 is 5.97 Å². The summed E-state index contributed by atoms with van der Waals surface area (Å²) in [6, 6.07) is 6.89. The molecule has 0 radical (unpaired) electrons. The minimum atomic E-state index is -0.842. The molecule has 0 bridgehead atoms. The van der Waals surface area contributed by atoms with Crippen LogP contribution in [0.3, 0.4) is 0 Å². The Kier molecular flexibility index (Phi) is 3.79. The zero-order valence-electron chi connectivity index (χ0n) is 13.4. The number of ether oxygens (including phenoxy) is 2. The van der Waals surface area contributed by atoms with Crippen molar-refractivity contribution in [1.82, 2.24) is 5.32 Å². The fourth-order valence-electron chi connectivity index (χ4n) is 3.01. The van der Waals surface area contributed by atoms with Gasteiger partial charge in [-0.05, 0) is 31.5 Å². The maximum absolute atomic E-state index is 12.3. The van der Waals surface area contributed by atoms with Crippen LogP contribution in [0.2, 0.25) is 0 Å². The highest BCUT2D eigenvalue weighted by molar-refractivity contribution is 5.99. The molecule has 24 heavy (non-hydrogen) atoms. The third kappa shape index (κ3) is 2.84. The summed E-state index contributed by atoms with van der Waals surface area (Å²) in [6.45, 7) is 3.29. The predicted octanol–water partition coefficient (Wildman–Crippen LogP) is 0.744. The molecule has 0 spiro atoms. The molecule has 2 aliphatic rings. The molecule has 0 unspecified atom stereocenters. The van der Waals surface area contributed by atoms with E-state index in [9.17, 15) is 14.4 Å². The molecule has 1 aromatic rings. The minimum Gasteiger partial charge on any atom is -0.484 e. The first-order valence-electron chi connectivity index (χ1n) is 7.57. The fraction of sp³-hybridized carbons (Fsp3) is 0.353. The summed E-state index contributed by atoms with van der Waals surface area (Å²) in [5.41, 5.74) is 6.02. The minimum absolute atomic E-state index is 0.154. The number of nitrogens with one attached hydrogen (secondary N) is 1. The van der Waals surface area contributed by atoms with Crippen molar-refractivity contribution in [2.24, 2.45) is 5.73 Å². The smallest absolute Gasteiger partial charge is 0.337 e. The summed E-state index contributed by atoms with van der Waals surface area (Å²) in [4.78, 5) is 35.0. The molecule has 0 fully saturated rings. The zero-order valence-corrected chi connectivity index (χ0v) is 13.4. The van der Waals surface area contributed by atoms with Crippen molar-refractivity contribution >= 4 is 17.8 Å². The molecule has 7 nitrogen and oxygen atoms in total. The number of esters is 1. The van der Waals surface area contributed by atoms with E-state index in [4.69, 9.17) is 15.2 Å². The molecule has 0 aromatic heterocycles. The van der Waals surface area contributed by atoms with Gasteiger partial charge in [0.1, 0.15) is 11.4 Å². The third-order valence-electron chi connectivity index (χ3n) is 4.11. The van der Waals surface area contributed by atoms with Gasteiger partial charge in [-0.15, -0.1) is 0 Å². The Hall–Kier alpha value is -2.83. The number of nitrogens with two attached hydrogens (primary N) is 1. The lowest BCUT2D eigenvalue weighted by Crippen LogP contribution is -2.38. The van der Waals surface area contributed by atoms with Crippen LogP contribution in [0.1, 0.15) is 31.7 Å². The van der Waals surface area contributed by atoms with E-state index >= 15 is 0 Å². The van der Waals surface area contributed by atoms with Crippen LogP contribution in [-0.4, -0.2) is 30.0 Å². The number of hydrogen-bond acceptors (Lipinski definition) is 5. The summed E-state index contributed by atoms with van der Waals surface area (Å²) in [5.74, 6) is -1.00. The Morgan fingerprint density at radius 2 is 2.00 bits per heavy atom. The van der Waals surface area contributed by atoms with E-state index in [-0.39, 0.29) is 24.9 Å². The lowest BCUT2D eigenvalue weighted by atomic mass is 9.83. The molecule has 3 rings (SSSR count). The molecular weight excluding hydrogens is 312 g/mol. The first kappa shape index (κ1) is 16.0. The number of primary amides is 1. The van der Waals surface area contributed by atoms with Crippen LogP contribution < -0.4 is 15.8 Å². The topological polar surface area (TPSA) is 108 Å². The average molecular weight is 330 g/mol. The van der Waals surface area contributed by atoms with Crippen LogP contribution in [0.5, 0.6) is 5.75 Å². The van der Waals surface area contributed by atoms with Crippen molar-refractivity contribution in [1.29, 1.82) is 0 Å². The SMILES string of the molecule is CC1(C)OC(=O)C2=C1NC(=O)C[C@@H]2c1ccc(OCC(N)=O)cc1. The molecule has 0 saturated carbocycles. The summed E-state index contributed by atoms with van der Waals surface area (Å²) < 4.78 is 10.6. The monoisotopic (exact) mass is 330 g/mol. The molecule has 126 valence electrons. The van der Waals surface area contributed by atoms with E-state index in [0.29, 0.717) is 17.0 Å². The van der Waals surface area contributed by atoms with Gasteiger partial charge in [-0.3, -0.25) is 9.59 Å². The Balaban J connectivity index is 1.90. The van der Waals surface area contributed by atoms with Gasteiger partial charge in [0.15, 0.2) is 6.61 Å². The molecule has 0 saturated heterocycles. The summed E-state index contributed by atoms with van der Waals surface area (Å²) in [7, 11) is 0. The quantitative estimate of drug-likeness (QED) is 0.792. The zero-order chi connectivity index (χ0) is 17.5. The normalized spacial score (nSPS) is 21.8. The average Bonchev–Trinajstić information content (AvgIpc) is 2.74. The van der Waals surface area contributed by atoms with Crippen LogP contribution in [-0.2, 0) is 19.1 Å². The van der Waals surface area contributed by atoms with Crippen LogP contribution in [0, 0.1) is 0 Å². The highest BCUT2D eigenvalue weighted by atomic mass is 16.6. The first-order valence-corrected chi connectivity index (χ1v) is 7.57. The van der Waals surface area contributed by atoms with Crippen molar-refractivity contribution < 1.29 is 23.9 Å². The van der Waals surface area contributed by atoms with Crippen molar-refractivity contribution in [2.75, 3.05) is 6.61 Å². The second kappa shape index (κ2) is 5.67. The Morgan fingerprint density at radius 3 is 2.62 bits per heavy atom. The van der Waals surface area contributed by atoms with Crippen LogP contribution in [0.25, 0.3) is 0 Å². The number of rotatable bonds is 4. The van der Waals surface area contributed by atoms with E-state index in [1.54, 1.807) is 38.1 Å². The van der Waals surface area contributed by atoms with Crippen molar-refractivity contribution in [2.45, 2.75) is 31.8 Å². The summed E-state index contributed by atoms with van der Waals surface area (Å²) in [5, 5.41) is 2.76. The van der Waals surface area contributed by atoms with Crippen molar-refractivity contribution in [3.63, 3.8) is 0 Å². The van der Waals surface area contributed by atoms with Gasteiger partial charge in [0.25, 0.3) is 5.91 Å². The number of hydrogen-bond donors (Lipinski definition) is 2. The van der Waals surface area contributed by atoms with Gasteiger partial charge in [0, 0.05) is 12.3 Å². The van der Waals surface area contributed by atoms with E-state index in [0.717, 1.165) is 5.56 Å². The van der Waals surface area contributed by atoms with Gasteiger partial charge in [0.2, 0.25) is 5.91 Å². The highest BCUT2D eigenvalue weighted by Gasteiger charge is 2.47. The molecule has 0 aliphatic carbocycles. The largest absolute Gasteiger partial charge is 0.484 e. The van der Waals surface area contributed by atoms with Crippen molar-refractivity contribution in [3.8, 4) is 5.75 Å². The standard InChI is InChI=1S/C17H18N2O5/c1-17(2)15-14(16(22)24-17)11(7-13(21)19-15)9-3-5-10(6-4-9)23-8-12(18)20/h3-6,11H,7-8H2,1-2H3,(H2,18,20)(H,19,21)/t11-/m1/s1. The van der Waals surface area contributed by atoms with E-state index in [1.165, 1.54) is 0 Å². The van der Waals surface area contributed by atoms with Gasteiger partial charge < -0.3 is 20.5 Å². The van der Waals surface area contributed by atoms with Gasteiger partial charge in [-0.25, -0.2) is 4.79 Å². The summed E-state index contributed by atoms with van der Waals surface area (Å²) >= 11 is 0. The second-order valence-electron chi connectivity index (χ2n) is 6.32. The first-order chi connectivity index (χ1) is 11.3. The third-order valence-corrected chi connectivity index (χ3v) is 4.11. The maximum Gasteiger partial charge on any atom is 0.337 e. The Morgan fingerprint density at radius 1 is 1.33 bits per heavy atom. The van der Waals surface area contributed by atoms with Crippen LogP contribution in [0.15, 0.2) is 35.5 Å². The molecule has 7 heteroatoms. The summed E-state index contributed by atoms with van der Waals surface area (Å²) in [6.07, 6.45) is 0.172. The Bertz CT molecular complexity index is 749. The predicted molar refractivity (Wildman–Crippen MR) is 83.8 cm³/mol. The second-order valence-corrected chi connectivity index (χ2v) is 6.32. The number of benzene rings is 1. The van der Waals surface area contributed by atoms with E-state index in [2.05, 4.69) is 5.32 Å². The van der Waals surface area contributed by atoms with Gasteiger partial charge in [0.05, 0.1) is 11.3 Å². The molecule has 1 aromatic carbocycles. The number of cyclic esters (lactones) is 1. The van der Waals surface area contributed by atoms with Crippen molar-refractivity contribution in [3.05, 3.63) is 41.1 Å². The molecule has 2 amide bonds. The lowest BCUT2D eigenvalue weighted by Gasteiger charge is -2.27. The number of carbonyl (C=O) groups is 3. The van der Waals surface area contributed by atoms with Gasteiger partial charge in [-0.2, -0.15) is 0 Å². The van der Waals surface area contributed by atoms with E-state index in [1.807, 2.05) is 0 Å². The number of carbonyl (C=O) groups excluding carboxylic acids is 3.